The highest BCUT2D eigenvalue weighted by Gasteiger charge is 2.27. The van der Waals surface area contributed by atoms with Crippen LogP contribution in [0.3, 0.4) is 0 Å². The lowest BCUT2D eigenvalue weighted by Crippen LogP contribution is -2.16. The Hall–Kier alpha value is -2.62. The van der Waals surface area contributed by atoms with Gasteiger partial charge in [0.2, 0.25) is 0 Å². The van der Waals surface area contributed by atoms with Gasteiger partial charge in [0.05, 0.1) is 6.07 Å². The lowest BCUT2D eigenvalue weighted by atomic mass is 9.94. The zero-order chi connectivity index (χ0) is 14.4. The Morgan fingerprint density at radius 1 is 1.58 bits per heavy atom. The average Bonchev–Trinajstić information content (AvgIpc) is 2.38. The fraction of sp³-hybridized carbons (Fsp3) is 0.333. The Bertz CT molecular complexity index is 562. The normalized spacial score (nSPS) is 11.4. The second-order valence-corrected chi connectivity index (χ2v) is 3.92. The molecule has 1 aromatic rings. The highest BCUT2D eigenvalue weighted by molar-refractivity contribution is 6.02. The Labute approximate surface area is 109 Å². The largest absolute Gasteiger partial charge is 0.374 e. The van der Waals surface area contributed by atoms with Gasteiger partial charge in [0.15, 0.2) is 5.78 Å². The lowest BCUT2D eigenvalue weighted by Gasteiger charge is -2.06. The second-order valence-electron chi connectivity index (χ2n) is 3.92. The summed E-state index contributed by atoms with van der Waals surface area (Å²) in [5.74, 6) is -2.47. The quantitative estimate of drug-likeness (QED) is 0.437. The number of pyridine rings is 1. The van der Waals surface area contributed by atoms with Crippen LogP contribution in [0.1, 0.15) is 30.1 Å². The molecule has 0 N–H and O–H groups in total. The number of aromatic nitrogens is 1. The molecule has 19 heavy (non-hydrogen) atoms. The summed E-state index contributed by atoms with van der Waals surface area (Å²) in [7, 11) is 0. The van der Waals surface area contributed by atoms with Crippen LogP contribution >= 0.6 is 0 Å². The van der Waals surface area contributed by atoms with E-state index in [1.54, 1.807) is 6.07 Å². The number of nitro groups is 1. The van der Waals surface area contributed by atoms with Crippen molar-refractivity contribution in [1.29, 1.82) is 5.26 Å². The van der Waals surface area contributed by atoms with E-state index in [0.717, 1.165) is 0 Å². The zero-order valence-electron chi connectivity index (χ0n) is 10.2. The molecule has 0 aliphatic rings. The minimum atomic E-state index is -1.08. The topological polar surface area (TPSA) is 114 Å². The third-order valence-corrected chi connectivity index (χ3v) is 2.48. The molecule has 0 spiro atoms. The molecule has 0 saturated heterocycles. The number of carbonyl (C=O) groups excluding carboxylic acids is 2. The molecule has 7 nitrogen and oxygen atoms in total. The van der Waals surface area contributed by atoms with E-state index in [2.05, 4.69) is 4.98 Å². The Morgan fingerprint density at radius 2 is 2.26 bits per heavy atom. The van der Waals surface area contributed by atoms with Gasteiger partial charge in [0, 0.05) is 6.42 Å². The van der Waals surface area contributed by atoms with E-state index in [4.69, 9.17) is 5.26 Å². The van der Waals surface area contributed by atoms with Gasteiger partial charge >= 0.3 is 5.82 Å². The Balaban J connectivity index is 3.02. The molecule has 7 heteroatoms. The van der Waals surface area contributed by atoms with Gasteiger partial charge < -0.3 is 14.9 Å². The van der Waals surface area contributed by atoms with Crippen molar-refractivity contribution in [2.45, 2.75) is 19.8 Å². The lowest BCUT2D eigenvalue weighted by molar-refractivity contribution is -0.389. The van der Waals surface area contributed by atoms with Gasteiger partial charge in [0.1, 0.15) is 23.5 Å². The minimum absolute atomic E-state index is 0.0523. The number of hydrogen-bond acceptors (Lipinski definition) is 6. The predicted molar refractivity (Wildman–Crippen MR) is 64.2 cm³/mol. The smallest absolute Gasteiger partial charge is 0.358 e. The highest BCUT2D eigenvalue weighted by Crippen LogP contribution is 2.20. The summed E-state index contributed by atoms with van der Waals surface area (Å²) in [6.45, 7) is 1.35. The molecule has 0 radical (unpaired) electrons. The summed E-state index contributed by atoms with van der Waals surface area (Å²) < 4.78 is 0. The number of ketones is 2. The van der Waals surface area contributed by atoms with Crippen LogP contribution in [0.2, 0.25) is 0 Å². The molecule has 98 valence electrons. The van der Waals surface area contributed by atoms with Crippen LogP contribution < -0.4 is 0 Å². The second kappa shape index (κ2) is 6.35. The highest BCUT2D eigenvalue weighted by atomic mass is 16.6. The van der Waals surface area contributed by atoms with Crippen LogP contribution in [0.4, 0.5) is 5.82 Å². The third kappa shape index (κ3) is 3.67. The average molecular weight is 261 g/mol. The molecule has 1 aromatic heterocycles. The summed E-state index contributed by atoms with van der Waals surface area (Å²) in [4.78, 5) is 36.4. The van der Waals surface area contributed by atoms with Gasteiger partial charge in [-0.25, -0.2) is 0 Å². The van der Waals surface area contributed by atoms with Gasteiger partial charge in [-0.15, -0.1) is 0 Å². The number of nitriles is 1. The van der Waals surface area contributed by atoms with Crippen molar-refractivity contribution < 1.29 is 14.5 Å². The molecular formula is C12H11N3O4. The molecule has 1 rings (SSSR count). The first-order valence-corrected chi connectivity index (χ1v) is 5.50. The molecule has 1 atom stereocenters. The fourth-order valence-corrected chi connectivity index (χ4v) is 1.52. The zero-order valence-corrected chi connectivity index (χ0v) is 10.2. The van der Waals surface area contributed by atoms with Gasteiger partial charge in [-0.2, -0.15) is 5.26 Å². The maximum Gasteiger partial charge on any atom is 0.374 e. The molecule has 0 aliphatic heterocycles. The first kappa shape index (κ1) is 14.4. The van der Waals surface area contributed by atoms with Crippen molar-refractivity contribution in [2.24, 2.45) is 5.92 Å². The van der Waals surface area contributed by atoms with Crippen molar-refractivity contribution in [3.63, 3.8) is 0 Å². The monoisotopic (exact) mass is 261 g/mol. The van der Waals surface area contributed by atoms with Gasteiger partial charge in [0.25, 0.3) is 0 Å². The van der Waals surface area contributed by atoms with Crippen molar-refractivity contribution in [3.05, 3.63) is 34.0 Å². The maximum absolute atomic E-state index is 12.0. The van der Waals surface area contributed by atoms with Crippen LogP contribution in [0, 0.1) is 27.4 Å². The van der Waals surface area contributed by atoms with E-state index in [0.29, 0.717) is 0 Å². The van der Waals surface area contributed by atoms with Crippen molar-refractivity contribution >= 4 is 17.4 Å². The first-order valence-electron chi connectivity index (χ1n) is 5.50. The molecule has 0 bridgehead atoms. The van der Waals surface area contributed by atoms with Crippen LogP contribution in [-0.2, 0) is 4.79 Å². The summed E-state index contributed by atoms with van der Waals surface area (Å²) in [6.07, 6.45) is 1.33. The SMILES string of the molecule is CC(=O)CCC(C#N)C(=O)c1cccnc1[N+](=O)[O-]. The van der Waals surface area contributed by atoms with E-state index in [-0.39, 0.29) is 24.2 Å². The first-order chi connectivity index (χ1) is 8.97. The number of Topliss-reactive ketones (excluding diaryl/α,β-unsaturated/α-hetero) is 2. The Morgan fingerprint density at radius 3 is 2.79 bits per heavy atom. The molecule has 0 aromatic carbocycles. The number of nitrogens with zero attached hydrogens (tertiary/aromatic N) is 3. The third-order valence-electron chi connectivity index (χ3n) is 2.48. The van der Waals surface area contributed by atoms with Crippen molar-refractivity contribution in [2.75, 3.05) is 0 Å². The number of hydrogen-bond donors (Lipinski definition) is 0. The number of rotatable bonds is 6. The van der Waals surface area contributed by atoms with Gasteiger partial charge in [-0.1, -0.05) is 0 Å². The van der Waals surface area contributed by atoms with Crippen LogP contribution in [0.15, 0.2) is 18.3 Å². The maximum atomic E-state index is 12.0. The van der Waals surface area contributed by atoms with E-state index in [1.807, 2.05) is 0 Å². The predicted octanol–water partition coefficient (Wildman–Crippen LogP) is 1.68. The van der Waals surface area contributed by atoms with Crippen LogP contribution in [0.25, 0.3) is 0 Å². The molecule has 0 aliphatic carbocycles. The van der Waals surface area contributed by atoms with Gasteiger partial charge in [-0.3, -0.25) is 4.79 Å². The summed E-state index contributed by atoms with van der Waals surface area (Å²) in [5, 5.41) is 19.7. The summed E-state index contributed by atoms with van der Waals surface area (Å²) >= 11 is 0. The minimum Gasteiger partial charge on any atom is -0.358 e. The number of carbonyl (C=O) groups is 2. The van der Waals surface area contributed by atoms with Crippen molar-refractivity contribution in [1.82, 2.24) is 4.98 Å². The molecular weight excluding hydrogens is 250 g/mol. The summed E-state index contributed by atoms with van der Waals surface area (Å²) in [6, 6.07) is 4.41. The molecule has 1 heterocycles. The fourth-order valence-electron chi connectivity index (χ4n) is 1.52. The van der Waals surface area contributed by atoms with E-state index in [9.17, 15) is 19.7 Å². The molecule has 0 fully saturated rings. The van der Waals surface area contributed by atoms with E-state index >= 15 is 0 Å². The molecule has 0 amide bonds. The van der Waals surface area contributed by atoms with Crippen LogP contribution in [-0.4, -0.2) is 21.5 Å². The Kier molecular flexibility index (Phi) is 4.83. The van der Waals surface area contributed by atoms with E-state index < -0.39 is 22.4 Å². The van der Waals surface area contributed by atoms with Crippen LogP contribution in [0.5, 0.6) is 0 Å². The van der Waals surface area contributed by atoms with Gasteiger partial charge in [-0.05, 0) is 35.4 Å². The standard InChI is InChI=1S/C12H11N3O4/c1-8(16)4-5-9(7-13)11(17)10-3-2-6-14-12(10)15(18)19/h2-3,6,9H,4-5H2,1H3. The summed E-state index contributed by atoms with van der Waals surface area (Å²) in [5.41, 5.74) is -0.206. The van der Waals surface area contributed by atoms with E-state index in [1.165, 1.54) is 25.3 Å². The van der Waals surface area contributed by atoms with Crippen molar-refractivity contribution in [3.8, 4) is 6.07 Å². The molecule has 0 saturated carbocycles. The molecule has 1 unspecified atom stereocenters.